The molecule has 0 saturated carbocycles. The zero-order valence-electron chi connectivity index (χ0n) is 15.3. The Morgan fingerprint density at radius 1 is 1.19 bits per heavy atom. The van der Waals surface area contributed by atoms with Crippen molar-refractivity contribution in [3.63, 3.8) is 0 Å². The van der Waals surface area contributed by atoms with E-state index in [1.165, 1.54) is 26.4 Å². The predicted molar refractivity (Wildman–Crippen MR) is 95.9 cm³/mol. The van der Waals surface area contributed by atoms with Gasteiger partial charge in [0.15, 0.2) is 17.3 Å². The van der Waals surface area contributed by atoms with Crippen molar-refractivity contribution in [1.29, 1.82) is 0 Å². The van der Waals surface area contributed by atoms with Gasteiger partial charge in [0, 0.05) is 5.56 Å². The van der Waals surface area contributed by atoms with Crippen molar-refractivity contribution in [2.45, 2.75) is 19.4 Å². The third-order valence-corrected chi connectivity index (χ3v) is 4.33. The average molecular weight is 372 g/mol. The molecule has 1 heterocycles. The van der Waals surface area contributed by atoms with Crippen LogP contribution in [0.15, 0.2) is 30.3 Å². The first-order valence-corrected chi connectivity index (χ1v) is 8.45. The first-order chi connectivity index (χ1) is 13.0. The maximum Gasteiger partial charge on any atom is 0.343 e. The fraction of sp³-hybridized carbons (Fsp3) is 0.300. The molecule has 1 aliphatic rings. The highest BCUT2D eigenvalue weighted by Crippen LogP contribution is 2.43. The summed E-state index contributed by atoms with van der Waals surface area (Å²) >= 11 is 0. The van der Waals surface area contributed by atoms with Gasteiger partial charge in [-0.1, -0.05) is 6.07 Å². The van der Waals surface area contributed by atoms with Gasteiger partial charge in [-0.2, -0.15) is 0 Å². The molecule has 0 aromatic heterocycles. The highest BCUT2D eigenvalue weighted by atomic mass is 16.6. The van der Waals surface area contributed by atoms with Crippen molar-refractivity contribution in [3.05, 3.63) is 47.0 Å². The van der Waals surface area contributed by atoms with Crippen molar-refractivity contribution in [1.82, 2.24) is 0 Å². The normalized spacial score (nSPS) is 15.1. The molecule has 1 aliphatic heterocycles. The van der Waals surface area contributed by atoms with Gasteiger partial charge in [-0.05, 0) is 31.2 Å². The maximum atomic E-state index is 12.7. The zero-order valence-corrected chi connectivity index (χ0v) is 15.3. The third-order valence-electron chi connectivity index (χ3n) is 4.33. The van der Waals surface area contributed by atoms with Crippen LogP contribution in [0.4, 0.5) is 0 Å². The Hall–Kier alpha value is -3.22. The van der Waals surface area contributed by atoms with Crippen molar-refractivity contribution in [2.24, 2.45) is 0 Å². The molecule has 0 unspecified atom stereocenters. The molecular formula is C20H20O7. The molecule has 0 saturated heterocycles. The number of methoxy groups -OCH3 is 2. The summed E-state index contributed by atoms with van der Waals surface area (Å²) in [7, 11) is 2.90. The van der Waals surface area contributed by atoms with Crippen LogP contribution in [0.25, 0.3) is 0 Å². The largest absolute Gasteiger partial charge is 0.507 e. The lowest BCUT2D eigenvalue weighted by molar-refractivity contribution is 0.0365. The topological polar surface area (TPSA) is 91.3 Å². The van der Waals surface area contributed by atoms with Gasteiger partial charge in [0.2, 0.25) is 0 Å². The summed E-state index contributed by atoms with van der Waals surface area (Å²) in [5.74, 6) is 0.0629. The van der Waals surface area contributed by atoms with Crippen LogP contribution in [-0.2, 0) is 4.74 Å². The number of benzene rings is 2. The number of hydrogen-bond donors (Lipinski definition) is 1. The Morgan fingerprint density at radius 3 is 2.63 bits per heavy atom. The number of hydrogen-bond acceptors (Lipinski definition) is 7. The predicted octanol–water partition coefficient (Wildman–Crippen LogP) is 3.29. The fourth-order valence-electron chi connectivity index (χ4n) is 3.10. The minimum absolute atomic E-state index is 0.114. The van der Waals surface area contributed by atoms with Crippen LogP contribution in [-0.4, -0.2) is 37.7 Å². The maximum absolute atomic E-state index is 12.7. The molecule has 2 aromatic carbocycles. The summed E-state index contributed by atoms with van der Waals surface area (Å²) in [4.78, 5) is 25.0. The van der Waals surface area contributed by atoms with Gasteiger partial charge in [0.05, 0.1) is 32.8 Å². The van der Waals surface area contributed by atoms with Crippen LogP contribution in [0.3, 0.4) is 0 Å². The van der Waals surface area contributed by atoms with Crippen LogP contribution < -0.4 is 14.2 Å². The summed E-state index contributed by atoms with van der Waals surface area (Å²) in [5.41, 5.74) is 0.916. The number of phenolic OH excluding ortho intramolecular Hbond substituents is 1. The Balaban J connectivity index is 1.90. The number of phenols is 1. The van der Waals surface area contributed by atoms with E-state index in [4.69, 9.17) is 18.9 Å². The standard InChI is InChI=1S/C20H20O7/c1-4-26-11-5-7-14(21)13(9-11)15(22)10-17-12-6-8-16(24-2)19(25-3)18(12)20(23)27-17/h5-9,17,21H,4,10H2,1-3H3/t17-/m0/s1. The SMILES string of the molecule is CCOc1ccc(O)c(C(=O)C[C@@H]2OC(=O)c3c2ccc(OC)c3OC)c1. The molecule has 3 rings (SSSR count). The van der Waals surface area contributed by atoms with Gasteiger partial charge in [-0.25, -0.2) is 4.79 Å². The Morgan fingerprint density at radius 2 is 1.96 bits per heavy atom. The third kappa shape index (κ3) is 3.40. The summed E-state index contributed by atoms with van der Waals surface area (Å²) in [6.07, 6.45) is -0.882. The van der Waals surface area contributed by atoms with E-state index in [9.17, 15) is 14.7 Å². The summed E-state index contributed by atoms with van der Waals surface area (Å²) < 4.78 is 21.2. The first kappa shape index (κ1) is 18.6. The number of esters is 1. The van der Waals surface area contributed by atoms with Gasteiger partial charge in [-0.15, -0.1) is 0 Å². The molecule has 7 heteroatoms. The average Bonchev–Trinajstić information content (AvgIpc) is 2.98. The summed E-state index contributed by atoms with van der Waals surface area (Å²) in [6, 6.07) is 7.80. The second-order valence-corrected chi connectivity index (χ2v) is 5.90. The Kier molecular flexibility index (Phi) is 5.21. The van der Waals surface area contributed by atoms with E-state index in [1.807, 2.05) is 6.92 Å². The Labute approximate surface area is 156 Å². The lowest BCUT2D eigenvalue weighted by Crippen LogP contribution is -2.08. The molecule has 0 spiro atoms. The summed E-state index contributed by atoms with van der Waals surface area (Å²) in [5, 5.41) is 10.0. The van der Waals surface area contributed by atoms with Crippen molar-refractivity contribution in [3.8, 4) is 23.0 Å². The van der Waals surface area contributed by atoms with E-state index in [0.717, 1.165) is 0 Å². The molecule has 0 bridgehead atoms. The molecule has 1 atom stereocenters. The molecule has 142 valence electrons. The molecule has 0 fully saturated rings. The first-order valence-electron chi connectivity index (χ1n) is 8.45. The van der Waals surface area contributed by atoms with Gasteiger partial charge >= 0.3 is 5.97 Å². The quantitative estimate of drug-likeness (QED) is 0.589. The molecule has 0 aliphatic carbocycles. The van der Waals surface area contributed by atoms with Gasteiger partial charge in [0.25, 0.3) is 0 Å². The number of carbonyl (C=O) groups is 2. The molecular weight excluding hydrogens is 352 g/mol. The number of rotatable bonds is 7. The number of fused-ring (bicyclic) bond motifs is 1. The number of aromatic hydroxyl groups is 1. The second-order valence-electron chi connectivity index (χ2n) is 5.90. The number of ketones is 1. The number of Topliss-reactive ketones (excluding diaryl/α,β-unsaturated/α-hetero) is 1. The van der Waals surface area contributed by atoms with Crippen LogP contribution in [0.2, 0.25) is 0 Å². The Bertz CT molecular complexity index is 888. The van der Waals surface area contributed by atoms with E-state index in [0.29, 0.717) is 23.7 Å². The van der Waals surface area contributed by atoms with Crippen molar-refractivity contribution < 1.29 is 33.6 Å². The van der Waals surface area contributed by atoms with Crippen LogP contribution in [0.1, 0.15) is 45.7 Å². The highest BCUT2D eigenvalue weighted by molar-refractivity contribution is 6.02. The van der Waals surface area contributed by atoms with E-state index in [2.05, 4.69) is 0 Å². The molecule has 0 amide bonds. The number of ether oxygens (including phenoxy) is 4. The van der Waals surface area contributed by atoms with Gasteiger partial charge in [0.1, 0.15) is 23.2 Å². The van der Waals surface area contributed by atoms with E-state index >= 15 is 0 Å². The smallest absolute Gasteiger partial charge is 0.343 e. The van der Waals surface area contributed by atoms with Gasteiger partial charge in [-0.3, -0.25) is 4.79 Å². The molecule has 2 aromatic rings. The monoisotopic (exact) mass is 372 g/mol. The summed E-state index contributed by atoms with van der Waals surface area (Å²) in [6.45, 7) is 2.26. The molecule has 7 nitrogen and oxygen atoms in total. The van der Waals surface area contributed by atoms with Crippen molar-refractivity contribution >= 4 is 11.8 Å². The lowest BCUT2D eigenvalue weighted by Gasteiger charge is -2.13. The lowest BCUT2D eigenvalue weighted by atomic mass is 9.97. The zero-order chi connectivity index (χ0) is 19.6. The molecule has 0 radical (unpaired) electrons. The van der Waals surface area contributed by atoms with Gasteiger partial charge < -0.3 is 24.1 Å². The second kappa shape index (κ2) is 7.57. The molecule has 27 heavy (non-hydrogen) atoms. The van der Waals surface area contributed by atoms with E-state index < -0.39 is 12.1 Å². The fourth-order valence-corrected chi connectivity index (χ4v) is 3.10. The minimum atomic E-state index is -0.769. The number of carbonyl (C=O) groups excluding carboxylic acids is 2. The minimum Gasteiger partial charge on any atom is -0.507 e. The van der Waals surface area contributed by atoms with Crippen LogP contribution in [0.5, 0.6) is 23.0 Å². The van der Waals surface area contributed by atoms with E-state index in [-0.39, 0.29) is 34.8 Å². The van der Waals surface area contributed by atoms with E-state index in [1.54, 1.807) is 18.2 Å². The number of cyclic esters (lactones) is 1. The van der Waals surface area contributed by atoms with Crippen LogP contribution >= 0.6 is 0 Å². The molecule has 1 N–H and O–H groups in total. The highest BCUT2D eigenvalue weighted by Gasteiger charge is 2.37. The van der Waals surface area contributed by atoms with Crippen molar-refractivity contribution in [2.75, 3.05) is 20.8 Å². The van der Waals surface area contributed by atoms with Crippen LogP contribution in [0, 0.1) is 0 Å².